The summed E-state index contributed by atoms with van der Waals surface area (Å²) < 4.78 is 0. The van der Waals surface area contributed by atoms with Crippen molar-refractivity contribution in [2.24, 2.45) is 16.7 Å². The zero-order valence-electron chi connectivity index (χ0n) is 9.32. The highest BCUT2D eigenvalue weighted by atomic mass is 14.9. The van der Waals surface area contributed by atoms with Gasteiger partial charge in [0, 0.05) is 6.54 Å². The number of hydrogen-bond donors (Lipinski definition) is 1. The third-order valence-electron chi connectivity index (χ3n) is 4.92. The standard InChI is InChI=1S/C12H23N/c1-10-5-4-6-11(2,3)12(10)7-8-13-9-12/h10,13H,4-9H2,1-3H3. The molecule has 0 aromatic heterocycles. The van der Waals surface area contributed by atoms with Crippen molar-refractivity contribution in [3.8, 4) is 0 Å². The molecule has 76 valence electrons. The average Bonchev–Trinajstić information content (AvgIpc) is 2.50. The second kappa shape index (κ2) is 2.98. The number of nitrogens with one attached hydrogen (secondary N) is 1. The topological polar surface area (TPSA) is 12.0 Å². The summed E-state index contributed by atoms with van der Waals surface area (Å²) in [7, 11) is 0. The predicted molar refractivity (Wildman–Crippen MR) is 56.7 cm³/mol. The van der Waals surface area contributed by atoms with Crippen LogP contribution in [0.2, 0.25) is 0 Å². The van der Waals surface area contributed by atoms with Crippen LogP contribution in [0, 0.1) is 16.7 Å². The molecular weight excluding hydrogens is 158 g/mol. The van der Waals surface area contributed by atoms with E-state index in [0.29, 0.717) is 10.8 Å². The van der Waals surface area contributed by atoms with Crippen LogP contribution in [0.4, 0.5) is 0 Å². The highest BCUT2D eigenvalue weighted by molar-refractivity contribution is 5.03. The lowest BCUT2D eigenvalue weighted by atomic mass is 9.53. The highest BCUT2D eigenvalue weighted by Crippen LogP contribution is 2.56. The van der Waals surface area contributed by atoms with E-state index in [0.717, 1.165) is 5.92 Å². The van der Waals surface area contributed by atoms with Crippen molar-refractivity contribution in [2.75, 3.05) is 13.1 Å². The van der Waals surface area contributed by atoms with E-state index in [1.54, 1.807) is 0 Å². The zero-order valence-corrected chi connectivity index (χ0v) is 9.32. The summed E-state index contributed by atoms with van der Waals surface area (Å²) in [6, 6.07) is 0. The minimum Gasteiger partial charge on any atom is -0.316 e. The molecule has 2 aliphatic rings. The van der Waals surface area contributed by atoms with Crippen LogP contribution in [0.15, 0.2) is 0 Å². The number of rotatable bonds is 0. The van der Waals surface area contributed by atoms with Gasteiger partial charge in [0.15, 0.2) is 0 Å². The molecule has 1 aliphatic heterocycles. The lowest BCUT2D eigenvalue weighted by molar-refractivity contribution is -0.0163. The van der Waals surface area contributed by atoms with Crippen LogP contribution >= 0.6 is 0 Å². The van der Waals surface area contributed by atoms with Crippen LogP contribution in [-0.4, -0.2) is 13.1 Å². The molecule has 2 unspecified atom stereocenters. The Labute approximate surface area is 82.3 Å². The maximum atomic E-state index is 3.57. The first-order valence-electron chi connectivity index (χ1n) is 5.79. The van der Waals surface area contributed by atoms with Gasteiger partial charge in [-0.25, -0.2) is 0 Å². The van der Waals surface area contributed by atoms with Crippen LogP contribution in [0.1, 0.15) is 46.5 Å². The molecule has 0 radical (unpaired) electrons. The molecule has 2 atom stereocenters. The summed E-state index contributed by atoms with van der Waals surface area (Å²) >= 11 is 0. The third-order valence-corrected chi connectivity index (χ3v) is 4.92. The molecule has 0 bridgehead atoms. The van der Waals surface area contributed by atoms with Crippen molar-refractivity contribution in [1.82, 2.24) is 5.32 Å². The van der Waals surface area contributed by atoms with Gasteiger partial charge in [-0.05, 0) is 36.1 Å². The molecule has 0 amide bonds. The van der Waals surface area contributed by atoms with Crippen LogP contribution in [0.25, 0.3) is 0 Å². The molecule has 1 N–H and O–H groups in total. The fraction of sp³-hybridized carbons (Fsp3) is 1.00. The molecule has 1 heterocycles. The molecule has 1 spiro atoms. The first-order valence-corrected chi connectivity index (χ1v) is 5.79. The SMILES string of the molecule is CC1CCCC(C)(C)C12CCNC2. The molecule has 2 fully saturated rings. The summed E-state index contributed by atoms with van der Waals surface area (Å²) in [6.45, 7) is 9.94. The van der Waals surface area contributed by atoms with Crippen LogP contribution in [-0.2, 0) is 0 Å². The van der Waals surface area contributed by atoms with E-state index < -0.39 is 0 Å². The summed E-state index contributed by atoms with van der Waals surface area (Å²) in [4.78, 5) is 0. The van der Waals surface area contributed by atoms with Crippen molar-refractivity contribution in [1.29, 1.82) is 0 Å². The fourth-order valence-electron chi connectivity index (χ4n) is 3.75. The number of hydrogen-bond acceptors (Lipinski definition) is 1. The van der Waals surface area contributed by atoms with E-state index in [-0.39, 0.29) is 0 Å². The monoisotopic (exact) mass is 181 g/mol. The first-order chi connectivity index (χ1) is 6.08. The van der Waals surface area contributed by atoms with Gasteiger partial charge in [-0.15, -0.1) is 0 Å². The van der Waals surface area contributed by atoms with Gasteiger partial charge in [0.1, 0.15) is 0 Å². The second-order valence-electron chi connectivity index (χ2n) is 5.76. The third kappa shape index (κ3) is 1.24. The Morgan fingerprint density at radius 2 is 2.00 bits per heavy atom. The van der Waals surface area contributed by atoms with E-state index in [1.165, 1.54) is 38.8 Å². The van der Waals surface area contributed by atoms with Gasteiger partial charge < -0.3 is 5.32 Å². The van der Waals surface area contributed by atoms with Crippen LogP contribution < -0.4 is 5.32 Å². The molecular formula is C12H23N. The summed E-state index contributed by atoms with van der Waals surface area (Å²) in [5.41, 5.74) is 1.18. The van der Waals surface area contributed by atoms with Gasteiger partial charge in [-0.2, -0.15) is 0 Å². The molecule has 1 aliphatic carbocycles. The van der Waals surface area contributed by atoms with Gasteiger partial charge in [-0.1, -0.05) is 33.6 Å². The van der Waals surface area contributed by atoms with Crippen LogP contribution in [0.5, 0.6) is 0 Å². The van der Waals surface area contributed by atoms with Gasteiger partial charge in [-0.3, -0.25) is 0 Å². The molecule has 0 aromatic carbocycles. The average molecular weight is 181 g/mol. The molecule has 1 nitrogen and oxygen atoms in total. The molecule has 1 saturated carbocycles. The fourth-order valence-corrected chi connectivity index (χ4v) is 3.75. The molecule has 1 saturated heterocycles. The molecule has 13 heavy (non-hydrogen) atoms. The minimum atomic E-state index is 0.564. The Balaban J connectivity index is 2.27. The van der Waals surface area contributed by atoms with Gasteiger partial charge in [0.25, 0.3) is 0 Å². The van der Waals surface area contributed by atoms with Gasteiger partial charge >= 0.3 is 0 Å². The van der Waals surface area contributed by atoms with E-state index in [2.05, 4.69) is 26.1 Å². The van der Waals surface area contributed by atoms with Gasteiger partial charge in [0.2, 0.25) is 0 Å². The van der Waals surface area contributed by atoms with Crippen molar-refractivity contribution in [3.63, 3.8) is 0 Å². The Morgan fingerprint density at radius 3 is 2.54 bits per heavy atom. The zero-order chi connectivity index (χ0) is 9.53. The van der Waals surface area contributed by atoms with E-state index in [4.69, 9.17) is 0 Å². The lowest BCUT2D eigenvalue weighted by Crippen LogP contribution is -2.47. The van der Waals surface area contributed by atoms with E-state index in [9.17, 15) is 0 Å². The smallest absolute Gasteiger partial charge is 0.00160 e. The Kier molecular flexibility index (Phi) is 2.18. The largest absolute Gasteiger partial charge is 0.316 e. The quantitative estimate of drug-likeness (QED) is 0.606. The molecule has 1 heteroatoms. The van der Waals surface area contributed by atoms with Crippen molar-refractivity contribution in [3.05, 3.63) is 0 Å². The molecule has 2 rings (SSSR count). The summed E-state index contributed by atoms with van der Waals surface area (Å²) in [5.74, 6) is 0.922. The van der Waals surface area contributed by atoms with Crippen molar-refractivity contribution >= 4 is 0 Å². The summed E-state index contributed by atoms with van der Waals surface area (Å²) in [5, 5.41) is 3.57. The summed E-state index contributed by atoms with van der Waals surface area (Å²) in [6.07, 6.45) is 5.72. The molecule has 0 aromatic rings. The van der Waals surface area contributed by atoms with Crippen molar-refractivity contribution in [2.45, 2.75) is 46.5 Å². The van der Waals surface area contributed by atoms with Gasteiger partial charge in [0.05, 0.1) is 0 Å². The maximum absolute atomic E-state index is 3.57. The predicted octanol–water partition coefficient (Wildman–Crippen LogP) is 2.81. The minimum absolute atomic E-state index is 0.564. The second-order valence-corrected chi connectivity index (χ2v) is 5.76. The lowest BCUT2D eigenvalue weighted by Gasteiger charge is -2.52. The Morgan fingerprint density at radius 1 is 1.23 bits per heavy atom. The highest BCUT2D eigenvalue weighted by Gasteiger charge is 2.51. The Hall–Kier alpha value is -0.0400. The normalized spacial score (nSPS) is 44.1. The maximum Gasteiger partial charge on any atom is 0.00160 e. The van der Waals surface area contributed by atoms with Crippen molar-refractivity contribution < 1.29 is 0 Å². The van der Waals surface area contributed by atoms with Crippen LogP contribution in [0.3, 0.4) is 0 Å². The Bertz CT molecular complexity index is 189. The van der Waals surface area contributed by atoms with E-state index in [1.807, 2.05) is 0 Å². The van der Waals surface area contributed by atoms with E-state index >= 15 is 0 Å². The first kappa shape index (κ1) is 9.51.